The van der Waals surface area contributed by atoms with Crippen molar-refractivity contribution in [3.63, 3.8) is 0 Å². The second-order valence-electron chi connectivity index (χ2n) is 5.32. The van der Waals surface area contributed by atoms with Crippen LogP contribution in [0.25, 0.3) is 0 Å². The molecule has 0 radical (unpaired) electrons. The molecule has 1 atom stereocenters. The summed E-state index contributed by atoms with van der Waals surface area (Å²) < 4.78 is 13.6. The van der Waals surface area contributed by atoms with Gasteiger partial charge in [0.05, 0.1) is 11.6 Å². The third kappa shape index (κ3) is 4.02. The van der Waals surface area contributed by atoms with Gasteiger partial charge in [0.2, 0.25) is 0 Å². The summed E-state index contributed by atoms with van der Waals surface area (Å²) in [4.78, 5) is 2.34. The van der Waals surface area contributed by atoms with E-state index in [9.17, 15) is 4.39 Å². The molecule has 0 spiro atoms. The van der Waals surface area contributed by atoms with Crippen molar-refractivity contribution in [1.82, 2.24) is 10.2 Å². The quantitative estimate of drug-likeness (QED) is 0.902. The maximum Gasteiger partial charge on any atom is 0.127 e. The number of halogens is 1. The first-order chi connectivity index (χ1) is 9.19. The zero-order valence-electron chi connectivity index (χ0n) is 11.3. The average molecular weight is 261 g/mol. The lowest BCUT2D eigenvalue weighted by molar-refractivity contribution is 0.206. The standard InChI is InChI=1S/C15H20FN3/c1-19-6-2-3-13(11-19)9-18-10-14-7-12(8-17)4-5-15(14)16/h4-5,7,13,18H,2-3,6,9-11H2,1H3. The highest BCUT2D eigenvalue weighted by Gasteiger charge is 2.16. The van der Waals surface area contributed by atoms with Gasteiger partial charge in [-0.25, -0.2) is 4.39 Å². The normalized spacial score (nSPS) is 20.2. The first kappa shape index (κ1) is 14.0. The van der Waals surface area contributed by atoms with Crippen LogP contribution in [0, 0.1) is 23.1 Å². The van der Waals surface area contributed by atoms with Crippen LogP contribution < -0.4 is 5.32 Å². The molecule has 1 fully saturated rings. The van der Waals surface area contributed by atoms with E-state index in [0.717, 1.165) is 13.1 Å². The molecular weight excluding hydrogens is 241 g/mol. The molecule has 0 aromatic heterocycles. The number of likely N-dealkylation sites (tertiary alicyclic amines) is 1. The van der Waals surface area contributed by atoms with Crippen molar-refractivity contribution in [2.75, 3.05) is 26.7 Å². The number of nitrogens with zero attached hydrogens (tertiary/aromatic N) is 2. The van der Waals surface area contributed by atoms with Crippen LogP contribution in [0.3, 0.4) is 0 Å². The molecular formula is C15H20FN3. The number of piperidine rings is 1. The van der Waals surface area contributed by atoms with Gasteiger partial charge in [0.1, 0.15) is 5.82 Å². The Morgan fingerprint density at radius 1 is 1.53 bits per heavy atom. The fourth-order valence-electron chi connectivity index (χ4n) is 2.63. The third-order valence-corrected chi connectivity index (χ3v) is 3.65. The number of nitrogens with one attached hydrogen (secondary N) is 1. The van der Waals surface area contributed by atoms with Gasteiger partial charge in [-0.05, 0) is 57.1 Å². The minimum absolute atomic E-state index is 0.243. The van der Waals surface area contributed by atoms with Gasteiger partial charge in [0, 0.05) is 18.7 Å². The summed E-state index contributed by atoms with van der Waals surface area (Å²) in [5.41, 5.74) is 1.08. The first-order valence-electron chi connectivity index (χ1n) is 6.77. The molecule has 0 saturated carbocycles. The van der Waals surface area contributed by atoms with Crippen molar-refractivity contribution in [2.45, 2.75) is 19.4 Å². The van der Waals surface area contributed by atoms with Crippen LogP contribution in [0.2, 0.25) is 0 Å². The number of hydrogen-bond acceptors (Lipinski definition) is 3. The highest BCUT2D eigenvalue weighted by molar-refractivity contribution is 5.33. The second kappa shape index (κ2) is 6.65. The number of benzene rings is 1. The molecule has 0 aliphatic carbocycles. The Hall–Kier alpha value is -1.44. The Labute approximate surface area is 114 Å². The van der Waals surface area contributed by atoms with Crippen molar-refractivity contribution in [3.8, 4) is 6.07 Å². The summed E-state index contributed by atoms with van der Waals surface area (Å²) in [5.74, 6) is 0.397. The van der Waals surface area contributed by atoms with Gasteiger partial charge < -0.3 is 10.2 Å². The van der Waals surface area contributed by atoms with E-state index in [4.69, 9.17) is 5.26 Å². The van der Waals surface area contributed by atoms with E-state index in [1.807, 2.05) is 6.07 Å². The molecule has 1 aromatic carbocycles. The van der Waals surface area contributed by atoms with Crippen molar-refractivity contribution in [2.24, 2.45) is 5.92 Å². The van der Waals surface area contributed by atoms with E-state index in [1.165, 1.54) is 31.5 Å². The largest absolute Gasteiger partial charge is 0.312 e. The van der Waals surface area contributed by atoms with Gasteiger partial charge in [0.15, 0.2) is 0 Å². The summed E-state index contributed by atoms with van der Waals surface area (Å²) in [5, 5.41) is 12.1. The highest BCUT2D eigenvalue weighted by atomic mass is 19.1. The number of rotatable bonds is 4. The Balaban J connectivity index is 1.84. The monoisotopic (exact) mass is 261 g/mol. The summed E-state index contributed by atoms with van der Waals surface area (Å²) in [6, 6.07) is 6.53. The molecule has 1 N–H and O–H groups in total. The molecule has 1 aromatic rings. The van der Waals surface area contributed by atoms with Crippen LogP contribution in [0.5, 0.6) is 0 Å². The third-order valence-electron chi connectivity index (χ3n) is 3.65. The second-order valence-corrected chi connectivity index (χ2v) is 5.32. The average Bonchev–Trinajstić information content (AvgIpc) is 2.41. The molecule has 1 heterocycles. The molecule has 1 aliphatic rings. The lowest BCUT2D eigenvalue weighted by atomic mass is 9.98. The van der Waals surface area contributed by atoms with E-state index in [1.54, 1.807) is 6.07 Å². The summed E-state index contributed by atoms with van der Waals surface area (Å²) >= 11 is 0. The van der Waals surface area contributed by atoms with Crippen LogP contribution in [0.4, 0.5) is 4.39 Å². The van der Waals surface area contributed by atoms with Gasteiger partial charge in [-0.1, -0.05) is 0 Å². The molecule has 1 saturated heterocycles. The van der Waals surface area contributed by atoms with Crippen molar-refractivity contribution in [3.05, 3.63) is 35.1 Å². The van der Waals surface area contributed by atoms with Crippen LogP contribution in [-0.2, 0) is 6.54 Å². The number of nitriles is 1. The summed E-state index contributed by atoms with van der Waals surface area (Å²) in [6.45, 7) is 3.67. The molecule has 0 bridgehead atoms. The minimum atomic E-state index is -0.243. The Morgan fingerprint density at radius 2 is 2.37 bits per heavy atom. The van der Waals surface area contributed by atoms with E-state index >= 15 is 0 Å². The summed E-state index contributed by atoms with van der Waals surface area (Å²) in [6.07, 6.45) is 2.47. The van der Waals surface area contributed by atoms with Gasteiger partial charge in [-0.2, -0.15) is 5.26 Å². The van der Waals surface area contributed by atoms with Crippen molar-refractivity contribution < 1.29 is 4.39 Å². The SMILES string of the molecule is CN1CCCC(CNCc2cc(C#N)ccc2F)C1. The lowest BCUT2D eigenvalue weighted by Crippen LogP contribution is -2.37. The van der Waals surface area contributed by atoms with Crippen LogP contribution in [0.15, 0.2) is 18.2 Å². The first-order valence-corrected chi connectivity index (χ1v) is 6.77. The van der Waals surface area contributed by atoms with Crippen LogP contribution >= 0.6 is 0 Å². The van der Waals surface area contributed by atoms with E-state index in [-0.39, 0.29) is 5.82 Å². The van der Waals surface area contributed by atoms with Gasteiger partial charge in [0.25, 0.3) is 0 Å². The lowest BCUT2D eigenvalue weighted by Gasteiger charge is -2.29. The van der Waals surface area contributed by atoms with Crippen molar-refractivity contribution >= 4 is 0 Å². The minimum Gasteiger partial charge on any atom is -0.312 e. The Kier molecular flexibility index (Phi) is 4.89. The molecule has 0 amide bonds. The Bertz CT molecular complexity index is 467. The molecule has 19 heavy (non-hydrogen) atoms. The Morgan fingerprint density at radius 3 is 3.11 bits per heavy atom. The van der Waals surface area contributed by atoms with Crippen molar-refractivity contribution in [1.29, 1.82) is 5.26 Å². The molecule has 4 heteroatoms. The highest BCUT2D eigenvalue weighted by Crippen LogP contribution is 2.15. The fourth-order valence-corrected chi connectivity index (χ4v) is 2.63. The van der Waals surface area contributed by atoms with E-state index < -0.39 is 0 Å². The smallest absolute Gasteiger partial charge is 0.127 e. The molecule has 102 valence electrons. The molecule has 2 rings (SSSR count). The maximum atomic E-state index is 13.6. The van der Waals surface area contributed by atoms with E-state index in [0.29, 0.717) is 23.6 Å². The maximum absolute atomic E-state index is 13.6. The zero-order chi connectivity index (χ0) is 13.7. The summed E-state index contributed by atoms with van der Waals surface area (Å²) in [7, 11) is 2.14. The van der Waals surface area contributed by atoms with Crippen LogP contribution in [0.1, 0.15) is 24.0 Å². The fraction of sp³-hybridized carbons (Fsp3) is 0.533. The topological polar surface area (TPSA) is 39.1 Å². The van der Waals surface area contributed by atoms with Gasteiger partial charge in [-0.3, -0.25) is 0 Å². The number of hydrogen-bond donors (Lipinski definition) is 1. The molecule has 1 aliphatic heterocycles. The molecule has 1 unspecified atom stereocenters. The van der Waals surface area contributed by atoms with Gasteiger partial charge >= 0.3 is 0 Å². The van der Waals surface area contributed by atoms with Gasteiger partial charge in [-0.15, -0.1) is 0 Å². The predicted molar refractivity (Wildman–Crippen MR) is 73.0 cm³/mol. The van der Waals surface area contributed by atoms with E-state index in [2.05, 4.69) is 17.3 Å². The predicted octanol–water partition coefficient (Wildman–Crippen LogP) is 2.13. The molecule has 3 nitrogen and oxygen atoms in total. The van der Waals surface area contributed by atoms with Crippen LogP contribution in [-0.4, -0.2) is 31.6 Å². The zero-order valence-corrected chi connectivity index (χ0v) is 11.3.